The van der Waals surface area contributed by atoms with E-state index < -0.39 is 6.10 Å². The molecule has 0 aromatic carbocycles. The van der Waals surface area contributed by atoms with Gasteiger partial charge in [0.1, 0.15) is 12.1 Å². The van der Waals surface area contributed by atoms with Crippen molar-refractivity contribution in [3.8, 4) is 5.82 Å². The summed E-state index contributed by atoms with van der Waals surface area (Å²) in [4.78, 5) is 10.7. The van der Waals surface area contributed by atoms with Crippen LogP contribution in [0.5, 0.6) is 0 Å². The molecule has 0 amide bonds. The summed E-state index contributed by atoms with van der Waals surface area (Å²) in [5.74, 6) is 1.65. The van der Waals surface area contributed by atoms with E-state index >= 15 is 0 Å². The van der Waals surface area contributed by atoms with Crippen molar-refractivity contribution < 1.29 is 5.11 Å². The van der Waals surface area contributed by atoms with E-state index in [4.69, 9.17) is 0 Å². The molecule has 3 aromatic heterocycles. The average Bonchev–Trinajstić information content (AvgIpc) is 3.31. The van der Waals surface area contributed by atoms with Crippen LogP contribution in [0.1, 0.15) is 11.4 Å². The van der Waals surface area contributed by atoms with Crippen LogP contribution < -0.4 is 4.90 Å². The Morgan fingerprint density at radius 3 is 2.88 bits per heavy atom. The molecule has 3 aromatic rings. The lowest BCUT2D eigenvalue weighted by molar-refractivity contribution is 0.148. The Morgan fingerprint density at radius 2 is 2.12 bits per heavy atom. The van der Waals surface area contributed by atoms with Crippen LogP contribution in [0.4, 0.5) is 5.82 Å². The van der Waals surface area contributed by atoms with Gasteiger partial charge in [-0.25, -0.2) is 14.6 Å². The summed E-state index contributed by atoms with van der Waals surface area (Å²) in [5.41, 5.74) is 2.02. The molecular weight excluding hydrogens is 306 g/mol. The van der Waals surface area contributed by atoms with Gasteiger partial charge in [0.2, 0.25) is 0 Å². The molecule has 0 radical (unpaired) electrons. The first-order chi connectivity index (χ1) is 11.7. The number of aryl methyl sites for hydroxylation is 1. The molecule has 8 heteroatoms. The van der Waals surface area contributed by atoms with Gasteiger partial charge in [-0.05, 0) is 25.5 Å². The Hall–Kier alpha value is -2.74. The van der Waals surface area contributed by atoms with Crippen molar-refractivity contribution in [2.75, 3.05) is 18.0 Å². The van der Waals surface area contributed by atoms with Crippen LogP contribution in [-0.4, -0.2) is 54.2 Å². The minimum Gasteiger partial charge on any atom is -0.391 e. The second kappa shape index (κ2) is 6.04. The van der Waals surface area contributed by atoms with E-state index in [0.717, 1.165) is 30.2 Å². The number of hydrogen-bond donors (Lipinski definition) is 2. The molecule has 2 atom stereocenters. The maximum atomic E-state index is 10.4. The van der Waals surface area contributed by atoms with Crippen LogP contribution in [0.3, 0.4) is 0 Å². The van der Waals surface area contributed by atoms with Gasteiger partial charge < -0.3 is 10.0 Å². The smallest absolute Gasteiger partial charge is 0.158 e. The van der Waals surface area contributed by atoms with Crippen LogP contribution in [0.25, 0.3) is 5.82 Å². The molecule has 2 N–H and O–H groups in total. The van der Waals surface area contributed by atoms with Crippen molar-refractivity contribution in [1.82, 2.24) is 29.9 Å². The number of aromatic amines is 1. The topological polar surface area (TPSA) is 95.8 Å². The zero-order chi connectivity index (χ0) is 16.5. The Kier molecular flexibility index (Phi) is 3.73. The number of H-pyrrole nitrogens is 1. The molecule has 124 valence electrons. The number of nitrogens with one attached hydrogen (secondary N) is 1. The van der Waals surface area contributed by atoms with E-state index in [-0.39, 0.29) is 5.92 Å². The van der Waals surface area contributed by atoms with Gasteiger partial charge in [0, 0.05) is 43.2 Å². The fourth-order valence-electron chi connectivity index (χ4n) is 3.13. The molecule has 1 aliphatic heterocycles. The fraction of sp³-hybridized carbons (Fsp3) is 0.375. The minimum atomic E-state index is -0.398. The summed E-state index contributed by atoms with van der Waals surface area (Å²) >= 11 is 0. The predicted molar refractivity (Wildman–Crippen MR) is 87.9 cm³/mol. The van der Waals surface area contributed by atoms with Crippen LogP contribution in [-0.2, 0) is 6.42 Å². The zero-order valence-electron chi connectivity index (χ0n) is 13.4. The lowest BCUT2D eigenvalue weighted by Gasteiger charge is -2.17. The van der Waals surface area contributed by atoms with Crippen LogP contribution in [0.2, 0.25) is 0 Å². The minimum absolute atomic E-state index is 0.135. The van der Waals surface area contributed by atoms with E-state index in [1.54, 1.807) is 10.9 Å². The van der Waals surface area contributed by atoms with Crippen molar-refractivity contribution in [3.05, 3.63) is 48.3 Å². The van der Waals surface area contributed by atoms with Crippen molar-refractivity contribution in [2.45, 2.75) is 19.4 Å². The van der Waals surface area contributed by atoms with E-state index in [2.05, 4.69) is 30.2 Å². The number of hydrogen-bond acceptors (Lipinski definition) is 6. The van der Waals surface area contributed by atoms with Crippen LogP contribution >= 0.6 is 0 Å². The maximum absolute atomic E-state index is 10.4. The zero-order valence-corrected chi connectivity index (χ0v) is 13.4. The molecule has 0 bridgehead atoms. The molecule has 8 nitrogen and oxygen atoms in total. The predicted octanol–water partition coefficient (Wildman–Crippen LogP) is 0.734. The van der Waals surface area contributed by atoms with Crippen molar-refractivity contribution >= 4 is 5.82 Å². The Morgan fingerprint density at radius 1 is 1.25 bits per heavy atom. The largest absolute Gasteiger partial charge is 0.391 e. The molecule has 1 saturated heterocycles. The summed E-state index contributed by atoms with van der Waals surface area (Å²) < 4.78 is 1.70. The molecule has 0 unspecified atom stereocenters. The molecule has 4 rings (SSSR count). The number of aliphatic hydroxyl groups is 1. The summed E-state index contributed by atoms with van der Waals surface area (Å²) in [6.07, 6.45) is 5.43. The fourth-order valence-corrected chi connectivity index (χ4v) is 3.13. The Bertz CT molecular complexity index is 813. The van der Waals surface area contributed by atoms with Crippen LogP contribution in [0.15, 0.2) is 36.9 Å². The normalized spacial score (nSPS) is 20.7. The van der Waals surface area contributed by atoms with Gasteiger partial charge in [0.05, 0.1) is 11.8 Å². The van der Waals surface area contributed by atoms with Gasteiger partial charge in [0.25, 0.3) is 0 Å². The van der Waals surface area contributed by atoms with Gasteiger partial charge in [-0.2, -0.15) is 10.2 Å². The molecule has 0 spiro atoms. The van der Waals surface area contributed by atoms with E-state index in [0.29, 0.717) is 12.4 Å². The van der Waals surface area contributed by atoms with Gasteiger partial charge in [-0.15, -0.1) is 0 Å². The number of aliphatic hydroxyl groups excluding tert-OH is 1. The summed E-state index contributed by atoms with van der Waals surface area (Å²) in [6.45, 7) is 3.28. The first kappa shape index (κ1) is 14.8. The molecular formula is C16H19N7O. The second-order valence-corrected chi connectivity index (χ2v) is 6.16. The SMILES string of the molecule is Cc1cc(C[C@@H]2CN(c3cc(-n4cccn4)ncn3)C[C@@H]2O)n[nH]1. The summed E-state index contributed by atoms with van der Waals surface area (Å²) in [7, 11) is 0. The number of nitrogens with zero attached hydrogens (tertiary/aromatic N) is 6. The molecule has 4 heterocycles. The van der Waals surface area contributed by atoms with E-state index in [9.17, 15) is 5.11 Å². The quantitative estimate of drug-likeness (QED) is 0.734. The van der Waals surface area contributed by atoms with E-state index in [1.165, 1.54) is 6.33 Å². The molecule has 0 aliphatic carbocycles. The molecule has 1 fully saturated rings. The van der Waals surface area contributed by atoms with Crippen LogP contribution in [0, 0.1) is 12.8 Å². The highest BCUT2D eigenvalue weighted by atomic mass is 16.3. The molecule has 1 aliphatic rings. The van der Waals surface area contributed by atoms with Gasteiger partial charge >= 0.3 is 0 Å². The van der Waals surface area contributed by atoms with Crippen molar-refractivity contribution in [3.63, 3.8) is 0 Å². The third-order valence-electron chi connectivity index (χ3n) is 4.34. The van der Waals surface area contributed by atoms with Gasteiger partial charge in [-0.3, -0.25) is 5.10 Å². The first-order valence-corrected chi connectivity index (χ1v) is 7.95. The lowest BCUT2D eigenvalue weighted by Crippen LogP contribution is -2.22. The second-order valence-electron chi connectivity index (χ2n) is 6.16. The standard InChI is InChI=1S/C16H19N7O/c1-11-5-13(21-20-11)6-12-8-22(9-14(12)24)15-7-16(18-10-17-15)23-4-2-3-19-23/h2-5,7,10,12,14,24H,6,8-9H2,1H3,(H,20,21)/t12-,14+/m1/s1. The number of aromatic nitrogens is 6. The highest BCUT2D eigenvalue weighted by Gasteiger charge is 2.32. The number of rotatable bonds is 4. The lowest BCUT2D eigenvalue weighted by atomic mass is 10.0. The number of β-amino-alcohol motifs (C(OH)–C–C–N with tert-alkyl or cyclic N) is 1. The third-order valence-corrected chi connectivity index (χ3v) is 4.34. The Labute approximate surface area is 139 Å². The van der Waals surface area contributed by atoms with Crippen molar-refractivity contribution in [2.24, 2.45) is 5.92 Å². The van der Waals surface area contributed by atoms with Gasteiger partial charge in [0.15, 0.2) is 5.82 Å². The molecule has 0 saturated carbocycles. The average molecular weight is 325 g/mol. The van der Waals surface area contributed by atoms with E-state index in [1.807, 2.05) is 31.3 Å². The first-order valence-electron chi connectivity index (χ1n) is 7.95. The highest BCUT2D eigenvalue weighted by Crippen LogP contribution is 2.25. The number of anilines is 1. The third kappa shape index (κ3) is 2.88. The maximum Gasteiger partial charge on any atom is 0.158 e. The van der Waals surface area contributed by atoms with Crippen molar-refractivity contribution in [1.29, 1.82) is 0 Å². The highest BCUT2D eigenvalue weighted by molar-refractivity contribution is 5.44. The summed E-state index contributed by atoms with van der Waals surface area (Å²) in [6, 6.07) is 5.76. The molecule has 24 heavy (non-hydrogen) atoms. The Balaban J connectivity index is 1.50. The van der Waals surface area contributed by atoms with Gasteiger partial charge in [-0.1, -0.05) is 0 Å². The summed E-state index contributed by atoms with van der Waals surface area (Å²) in [5, 5.41) is 21.8. The monoisotopic (exact) mass is 325 g/mol.